The lowest BCUT2D eigenvalue weighted by atomic mass is 10.1. The molecule has 0 aliphatic heterocycles. The minimum absolute atomic E-state index is 0.00299. The van der Waals surface area contributed by atoms with E-state index in [4.69, 9.17) is 10.8 Å². The lowest BCUT2D eigenvalue weighted by Crippen LogP contribution is -2.24. The molecule has 0 saturated carbocycles. The first-order valence-electron chi connectivity index (χ1n) is 4.61. The summed E-state index contributed by atoms with van der Waals surface area (Å²) in [6.45, 7) is 0. The third-order valence-corrected chi connectivity index (χ3v) is 3.42. The van der Waals surface area contributed by atoms with E-state index in [1.807, 2.05) is 0 Å². The second kappa shape index (κ2) is 4.96. The van der Waals surface area contributed by atoms with Gasteiger partial charge in [0.25, 0.3) is 0 Å². The Morgan fingerprint density at radius 1 is 1.29 bits per heavy atom. The third-order valence-electron chi connectivity index (χ3n) is 1.92. The molecule has 7 heteroatoms. The van der Waals surface area contributed by atoms with Gasteiger partial charge in [-0.1, -0.05) is 12.1 Å². The summed E-state index contributed by atoms with van der Waals surface area (Å²) in [6, 6.07) is 5.52. The molecule has 0 aromatic heterocycles. The topological polar surface area (TPSA) is 115 Å². The van der Waals surface area contributed by atoms with Gasteiger partial charge in [0.15, 0.2) is 9.84 Å². The molecule has 1 aromatic rings. The number of hydrogen-bond acceptors (Lipinski definition) is 4. The molecule has 0 bridgehead atoms. The molecule has 0 spiro atoms. The molecular formula is C10H11NO5S. The first kappa shape index (κ1) is 13.2. The van der Waals surface area contributed by atoms with Gasteiger partial charge in [-0.05, 0) is 17.7 Å². The highest BCUT2D eigenvalue weighted by Crippen LogP contribution is 2.09. The van der Waals surface area contributed by atoms with Gasteiger partial charge in [-0.3, -0.25) is 4.79 Å². The van der Waals surface area contributed by atoms with E-state index in [1.54, 1.807) is 0 Å². The smallest absolute Gasteiger partial charge is 0.335 e. The van der Waals surface area contributed by atoms with Crippen LogP contribution in [-0.2, 0) is 20.4 Å². The van der Waals surface area contributed by atoms with Crippen molar-refractivity contribution in [3.05, 3.63) is 35.4 Å². The molecule has 0 aliphatic carbocycles. The molecule has 0 saturated heterocycles. The average Bonchev–Trinajstić information content (AvgIpc) is 2.14. The monoisotopic (exact) mass is 257 g/mol. The van der Waals surface area contributed by atoms with Gasteiger partial charge >= 0.3 is 5.97 Å². The van der Waals surface area contributed by atoms with Crippen LogP contribution in [-0.4, -0.2) is 31.2 Å². The lowest BCUT2D eigenvalue weighted by Gasteiger charge is -2.03. The third kappa shape index (κ3) is 4.23. The van der Waals surface area contributed by atoms with E-state index in [-0.39, 0.29) is 5.56 Å². The highest BCUT2D eigenvalue weighted by atomic mass is 32.2. The van der Waals surface area contributed by atoms with Gasteiger partial charge in [0.1, 0.15) is 5.75 Å². The van der Waals surface area contributed by atoms with Gasteiger partial charge in [0, 0.05) is 0 Å². The number of carbonyl (C=O) groups excluding carboxylic acids is 1. The second-order valence-corrected chi connectivity index (χ2v) is 5.57. The molecule has 0 atom stereocenters. The highest BCUT2D eigenvalue weighted by molar-refractivity contribution is 7.91. The van der Waals surface area contributed by atoms with Gasteiger partial charge in [-0.15, -0.1) is 0 Å². The van der Waals surface area contributed by atoms with E-state index in [2.05, 4.69) is 0 Å². The molecular weight excluding hydrogens is 246 g/mol. The van der Waals surface area contributed by atoms with Crippen LogP contribution in [0.2, 0.25) is 0 Å². The SMILES string of the molecule is NC(=O)CS(=O)(=O)Cc1cccc(C(=O)O)c1. The van der Waals surface area contributed by atoms with Gasteiger partial charge in [0.05, 0.1) is 11.3 Å². The number of carboxylic acids is 1. The number of rotatable bonds is 5. The molecule has 0 fully saturated rings. The number of carbonyl (C=O) groups is 2. The van der Waals surface area contributed by atoms with Crippen molar-refractivity contribution in [2.24, 2.45) is 5.73 Å². The summed E-state index contributed by atoms with van der Waals surface area (Å²) in [5.41, 5.74) is 5.11. The van der Waals surface area contributed by atoms with Crippen molar-refractivity contribution in [3.63, 3.8) is 0 Å². The second-order valence-electron chi connectivity index (χ2n) is 3.50. The van der Waals surface area contributed by atoms with Crippen LogP contribution in [0.15, 0.2) is 24.3 Å². The summed E-state index contributed by atoms with van der Waals surface area (Å²) in [4.78, 5) is 21.2. The van der Waals surface area contributed by atoms with Crippen molar-refractivity contribution in [1.29, 1.82) is 0 Å². The summed E-state index contributed by atoms with van der Waals surface area (Å²) < 4.78 is 22.9. The molecule has 0 heterocycles. The van der Waals surface area contributed by atoms with E-state index >= 15 is 0 Å². The maximum Gasteiger partial charge on any atom is 0.335 e. The van der Waals surface area contributed by atoms with Crippen molar-refractivity contribution < 1.29 is 23.1 Å². The first-order valence-corrected chi connectivity index (χ1v) is 6.43. The van der Waals surface area contributed by atoms with Crippen LogP contribution in [0.1, 0.15) is 15.9 Å². The molecule has 3 N–H and O–H groups in total. The Labute approximate surface area is 98.0 Å². The quantitative estimate of drug-likeness (QED) is 0.757. The van der Waals surface area contributed by atoms with Crippen LogP contribution in [0.3, 0.4) is 0 Å². The number of carboxylic acid groups (broad SMARTS) is 1. The maximum atomic E-state index is 11.4. The molecule has 1 rings (SSSR count). The summed E-state index contributed by atoms with van der Waals surface area (Å²) in [6.07, 6.45) is 0. The minimum atomic E-state index is -3.64. The molecule has 0 unspecified atom stereocenters. The molecule has 1 amide bonds. The average molecular weight is 257 g/mol. The van der Waals surface area contributed by atoms with Crippen LogP contribution in [0.4, 0.5) is 0 Å². The first-order chi connectivity index (χ1) is 7.80. The summed E-state index contributed by atoms with van der Waals surface area (Å²) in [7, 11) is -3.64. The standard InChI is InChI=1S/C10H11NO5S/c11-9(12)6-17(15,16)5-7-2-1-3-8(4-7)10(13)14/h1-4H,5-6H2,(H2,11,12)(H,13,14). The Bertz CT molecular complexity index is 550. The molecule has 1 aromatic carbocycles. The minimum Gasteiger partial charge on any atom is -0.478 e. The zero-order valence-corrected chi connectivity index (χ0v) is 9.61. The summed E-state index contributed by atoms with van der Waals surface area (Å²) in [5, 5.41) is 8.73. The zero-order valence-electron chi connectivity index (χ0n) is 8.79. The molecule has 92 valence electrons. The fourth-order valence-corrected chi connectivity index (χ4v) is 2.54. The van der Waals surface area contributed by atoms with Crippen LogP contribution >= 0.6 is 0 Å². The predicted octanol–water partition coefficient (Wildman–Crippen LogP) is -0.215. The van der Waals surface area contributed by atoms with Crippen LogP contribution in [0.5, 0.6) is 0 Å². The Morgan fingerprint density at radius 3 is 2.47 bits per heavy atom. The number of aromatic carboxylic acids is 1. The summed E-state index contributed by atoms with van der Waals surface area (Å²) >= 11 is 0. The predicted molar refractivity (Wildman–Crippen MR) is 60.1 cm³/mol. The number of nitrogens with two attached hydrogens (primary N) is 1. The highest BCUT2D eigenvalue weighted by Gasteiger charge is 2.16. The number of benzene rings is 1. The van der Waals surface area contributed by atoms with Crippen molar-refractivity contribution in [2.75, 3.05) is 5.75 Å². The van der Waals surface area contributed by atoms with Crippen molar-refractivity contribution in [3.8, 4) is 0 Å². The largest absolute Gasteiger partial charge is 0.478 e. The zero-order chi connectivity index (χ0) is 13.1. The van der Waals surface area contributed by atoms with Crippen molar-refractivity contribution in [1.82, 2.24) is 0 Å². The van der Waals surface area contributed by atoms with Crippen molar-refractivity contribution >= 4 is 21.7 Å². The van der Waals surface area contributed by atoms with Gasteiger partial charge in [0.2, 0.25) is 5.91 Å². The lowest BCUT2D eigenvalue weighted by molar-refractivity contribution is -0.115. The molecule has 0 aliphatic rings. The van der Waals surface area contributed by atoms with Gasteiger partial charge in [-0.2, -0.15) is 0 Å². The fourth-order valence-electron chi connectivity index (χ4n) is 1.32. The number of hydrogen-bond donors (Lipinski definition) is 2. The number of primary amides is 1. The normalized spacial score (nSPS) is 11.1. The Kier molecular flexibility index (Phi) is 3.84. The fraction of sp³-hybridized carbons (Fsp3) is 0.200. The van der Waals surface area contributed by atoms with Crippen LogP contribution in [0, 0.1) is 0 Å². The van der Waals surface area contributed by atoms with Gasteiger partial charge < -0.3 is 10.8 Å². The molecule has 0 radical (unpaired) electrons. The number of sulfone groups is 1. The Morgan fingerprint density at radius 2 is 1.94 bits per heavy atom. The maximum absolute atomic E-state index is 11.4. The van der Waals surface area contributed by atoms with E-state index in [0.29, 0.717) is 5.56 Å². The van der Waals surface area contributed by atoms with E-state index in [0.717, 1.165) is 0 Å². The van der Waals surface area contributed by atoms with E-state index in [1.165, 1.54) is 24.3 Å². The van der Waals surface area contributed by atoms with Crippen LogP contribution < -0.4 is 5.73 Å². The number of amides is 1. The van der Waals surface area contributed by atoms with E-state index < -0.39 is 33.2 Å². The Balaban J connectivity index is 2.92. The molecule has 17 heavy (non-hydrogen) atoms. The Hall–Kier alpha value is -1.89. The molecule has 6 nitrogen and oxygen atoms in total. The van der Waals surface area contributed by atoms with Crippen LogP contribution in [0.25, 0.3) is 0 Å². The van der Waals surface area contributed by atoms with Crippen molar-refractivity contribution in [2.45, 2.75) is 5.75 Å². The van der Waals surface area contributed by atoms with E-state index in [9.17, 15) is 18.0 Å². The summed E-state index contributed by atoms with van der Waals surface area (Å²) in [5.74, 6) is -3.22. The van der Waals surface area contributed by atoms with Gasteiger partial charge in [-0.25, -0.2) is 13.2 Å².